The molecule has 1 aliphatic rings. The number of phenolic OH excluding ortho intramolecular Hbond substituents is 1. The molecule has 2 atom stereocenters. The van der Waals surface area contributed by atoms with Crippen LogP contribution in [0.3, 0.4) is 0 Å². The van der Waals surface area contributed by atoms with Gasteiger partial charge in [-0.15, -0.1) is 0 Å². The maximum atomic E-state index is 9.40. The summed E-state index contributed by atoms with van der Waals surface area (Å²) in [5.74, 6) is 1.49. The van der Waals surface area contributed by atoms with Crippen molar-refractivity contribution in [2.45, 2.75) is 31.8 Å². The maximum absolute atomic E-state index is 9.40. The number of benzene rings is 2. The van der Waals surface area contributed by atoms with Gasteiger partial charge in [0, 0.05) is 18.1 Å². The van der Waals surface area contributed by atoms with Crippen molar-refractivity contribution in [3.05, 3.63) is 59.2 Å². The molecule has 3 heteroatoms. The largest absolute Gasteiger partial charge is 0.508 e. The van der Waals surface area contributed by atoms with Crippen molar-refractivity contribution in [2.24, 2.45) is 0 Å². The van der Waals surface area contributed by atoms with E-state index in [-0.39, 0.29) is 24.4 Å². The third-order valence-corrected chi connectivity index (χ3v) is 4.12. The molecule has 0 spiro atoms. The molecule has 2 N–H and O–H groups in total. The lowest BCUT2D eigenvalue weighted by atomic mass is 9.91. The Morgan fingerprint density at radius 3 is 2.57 bits per heavy atom. The van der Waals surface area contributed by atoms with Gasteiger partial charge in [-0.05, 0) is 42.2 Å². The van der Waals surface area contributed by atoms with Gasteiger partial charge in [-0.1, -0.05) is 31.2 Å². The van der Waals surface area contributed by atoms with E-state index in [2.05, 4.69) is 19.1 Å². The van der Waals surface area contributed by atoms with Crippen LogP contribution in [-0.2, 0) is 6.42 Å². The highest BCUT2D eigenvalue weighted by Crippen LogP contribution is 2.46. The van der Waals surface area contributed by atoms with Gasteiger partial charge in [-0.3, -0.25) is 0 Å². The molecule has 0 fully saturated rings. The lowest BCUT2D eigenvalue weighted by Crippen LogP contribution is -2.06. The Hall–Kier alpha value is -2.00. The Kier molecular flexibility index (Phi) is 3.84. The van der Waals surface area contributed by atoms with E-state index in [0.717, 1.165) is 24.2 Å². The van der Waals surface area contributed by atoms with Gasteiger partial charge in [0.05, 0.1) is 0 Å². The molecule has 3 rings (SSSR count). The van der Waals surface area contributed by atoms with E-state index >= 15 is 0 Å². The Morgan fingerprint density at radius 1 is 1.10 bits per heavy atom. The molecule has 0 aliphatic carbocycles. The number of aromatic hydroxyl groups is 1. The number of aliphatic hydroxyl groups excluding tert-OH is 1. The van der Waals surface area contributed by atoms with E-state index in [4.69, 9.17) is 9.84 Å². The van der Waals surface area contributed by atoms with Crippen LogP contribution in [0.25, 0.3) is 0 Å². The first-order valence-electron chi connectivity index (χ1n) is 7.38. The van der Waals surface area contributed by atoms with E-state index in [1.54, 1.807) is 12.1 Å². The average molecular weight is 284 g/mol. The zero-order valence-electron chi connectivity index (χ0n) is 12.1. The number of aryl methyl sites for hydroxylation is 1. The number of rotatable bonds is 4. The van der Waals surface area contributed by atoms with Crippen LogP contribution in [0, 0.1) is 0 Å². The molecule has 0 radical (unpaired) electrons. The highest BCUT2D eigenvalue weighted by Gasteiger charge is 2.32. The van der Waals surface area contributed by atoms with Crippen molar-refractivity contribution < 1.29 is 14.9 Å². The smallest absolute Gasteiger partial charge is 0.130 e. The molecule has 0 amide bonds. The molecule has 0 aromatic heterocycles. The maximum Gasteiger partial charge on any atom is 0.130 e. The summed E-state index contributed by atoms with van der Waals surface area (Å²) in [6, 6.07) is 13.5. The highest BCUT2D eigenvalue weighted by atomic mass is 16.5. The fourth-order valence-corrected chi connectivity index (χ4v) is 2.92. The SMILES string of the molecule is C[C@H]1c2cc(CCCO)ccc2O[C@@H]1c1ccc(O)cc1. The van der Waals surface area contributed by atoms with Crippen molar-refractivity contribution in [2.75, 3.05) is 6.61 Å². The predicted octanol–water partition coefficient (Wildman–Crippen LogP) is 3.55. The lowest BCUT2D eigenvalue weighted by molar-refractivity contribution is 0.216. The quantitative estimate of drug-likeness (QED) is 0.902. The van der Waals surface area contributed by atoms with Crippen molar-refractivity contribution in [3.63, 3.8) is 0 Å². The Morgan fingerprint density at radius 2 is 1.86 bits per heavy atom. The summed E-state index contributed by atoms with van der Waals surface area (Å²) in [6.07, 6.45) is 1.67. The van der Waals surface area contributed by atoms with Crippen molar-refractivity contribution in [3.8, 4) is 11.5 Å². The van der Waals surface area contributed by atoms with Gasteiger partial charge in [-0.25, -0.2) is 0 Å². The van der Waals surface area contributed by atoms with Crippen LogP contribution >= 0.6 is 0 Å². The third kappa shape index (κ3) is 2.74. The van der Waals surface area contributed by atoms with Gasteiger partial charge in [0.25, 0.3) is 0 Å². The number of fused-ring (bicyclic) bond motifs is 1. The zero-order valence-corrected chi connectivity index (χ0v) is 12.1. The molecule has 0 unspecified atom stereocenters. The van der Waals surface area contributed by atoms with E-state index in [9.17, 15) is 5.11 Å². The summed E-state index contributed by atoms with van der Waals surface area (Å²) in [7, 11) is 0. The minimum absolute atomic E-state index is 0.00584. The zero-order chi connectivity index (χ0) is 14.8. The molecule has 0 saturated heterocycles. The summed E-state index contributed by atoms with van der Waals surface area (Å²) in [5.41, 5.74) is 3.54. The summed E-state index contributed by atoms with van der Waals surface area (Å²) in [4.78, 5) is 0. The average Bonchev–Trinajstić information content (AvgIpc) is 2.83. The molecule has 110 valence electrons. The van der Waals surface area contributed by atoms with Crippen LogP contribution in [-0.4, -0.2) is 16.8 Å². The number of aliphatic hydroxyl groups is 1. The Balaban J connectivity index is 1.84. The topological polar surface area (TPSA) is 49.7 Å². The molecule has 3 nitrogen and oxygen atoms in total. The third-order valence-electron chi connectivity index (χ3n) is 4.12. The van der Waals surface area contributed by atoms with Crippen LogP contribution in [0.15, 0.2) is 42.5 Å². The second kappa shape index (κ2) is 5.78. The van der Waals surface area contributed by atoms with E-state index in [0.29, 0.717) is 0 Å². The first-order chi connectivity index (χ1) is 10.2. The lowest BCUT2D eigenvalue weighted by Gasteiger charge is -2.15. The van der Waals surface area contributed by atoms with Crippen molar-refractivity contribution in [1.82, 2.24) is 0 Å². The van der Waals surface area contributed by atoms with Gasteiger partial charge >= 0.3 is 0 Å². The number of hydrogen-bond acceptors (Lipinski definition) is 3. The molecule has 0 bridgehead atoms. The summed E-state index contributed by atoms with van der Waals surface area (Å²) in [5, 5.41) is 18.3. The Labute approximate surface area is 124 Å². The minimum Gasteiger partial charge on any atom is -0.508 e. The normalized spacial score (nSPS) is 20.1. The van der Waals surface area contributed by atoms with Gasteiger partial charge in [-0.2, -0.15) is 0 Å². The van der Waals surface area contributed by atoms with E-state index in [1.165, 1.54) is 11.1 Å². The molecule has 21 heavy (non-hydrogen) atoms. The Bertz CT molecular complexity index is 619. The van der Waals surface area contributed by atoms with E-state index in [1.807, 2.05) is 18.2 Å². The summed E-state index contributed by atoms with van der Waals surface area (Å²) >= 11 is 0. The second-order valence-corrected chi connectivity index (χ2v) is 5.62. The highest BCUT2D eigenvalue weighted by molar-refractivity contribution is 5.45. The fraction of sp³-hybridized carbons (Fsp3) is 0.333. The van der Waals surface area contributed by atoms with Gasteiger partial charge < -0.3 is 14.9 Å². The van der Waals surface area contributed by atoms with Crippen LogP contribution in [0.1, 0.15) is 42.1 Å². The molecule has 1 aliphatic heterocycles. The minimum atomic E-state index is -0.00584. The van der Waals surface area contributed by atoms with Crippen LogP contribution in [0.2, 0.25) is 0 Å². The molecule has 1 heterocycles. The van der Waals surface area contributed by atoms with Gasteiger partial charge in [0.1, 0.15) is 17.6 Å². The predicted molar refractivity (Wildman–Crippen MR) is 81.7 cm³/mol. The van der Waals surface area contributed by atoms with E-state index < -0.39 is 0 Å². The molecule has 2 aromatic carbocycles. The molecule has 0 saturated carbocycles. The standard InChI is InChI=1S/C18H20O3/c1-12-16-11-13(3-2-10-19)4-9-17(16)21-18(12)14-5-7-15(20)8-6-14/h4-9,11-12,18-20H,2-3,10H2,1H3/t12-,18-/m0/s1. The van der Waals surface area contributed by atoms with Crippen LogP contribution in [0.5, 0.6) is 11.5 Å². The monoisotopic (exact) mass is 284 g/mol. The van der Waals surface area contributed by atoms with Crippen molar-refractivity contribution in [1.29, 1.82) is 0 Å². The summed E-state index contributed by atoms with van der Waals surface area (Å²) < 4.78 is 6.07. The molecule has 2 aromatic rings. The van der Waals surface area contributed by atoms with Gasteiger partial charge in [0.2, 0.25) is 0 Å². The molecular formula is C18H20O3. The number of hydrogen-bond donors (Lipinski definition) is 2. The van der Waals surface area contributed by atoms with Crippen molar-refractivity contribution >= 4 is 0 Å². The second-order valence-electron chi connectivity index (χ2n) is 5.62. The van der Waals surface area contributed by atoms with Crippen LogP contribution < -0.4 is 4.74 Å². The first kappa shape index (κ1) is 14.0. The number of ether oxygens (including phenoxy) is 1. The van der Waals surface area contributed by atoms with Gasteiger partial charge in [0.15, 0.2) is 0 Å². The van der Waals surface area contributed by atoms with Crippen LogP contribution in [0.4, 0.5) is 0 Å². The number of phenols is 1. The first-order valence-corrected chi connectivity index (χ1v) is 7.38. The summed E-state index contributed by atoms with van der Waals surface area (Å²) in [6.45, 7) is 2.39. The fourth-order valence-electron chi connectivity index (χ4n) is 2.92. The molecular weight excluding hydrogens is 264 g/mol.